The molecule has 0 saturated heterocycles. The predicted molar refractivity (Wildman–Crippen MR) is 109 cm³/mol. The molecular formula is C22H15ClN2O4. The zero-order valence-corrected chi connectivity index (χ0v) is 16.1. The number of amides is 1. The van der Waals surface area contributed by atoms with Crippen LogP contribution in [0.2, 0.25) is 5.02 Å². The highest BCUT2D eigenvalue weighted by Gasteiger charge is 2.15. The minimum atomic E-state index is -0.553. The average molecular weight is 407 g/mol. The highest BCUT2D eigenvalue weighted by Crippen LogP contribution is 2.31. The molecule has 2 aromatic carbocycles. The molecule has 29 heavy (non-hydrogen) atoms. The van der Waals surface area contributed by atoms with Crippen LogP contribution in [0.1, 0.15) is 16.1 Å². The molecule has 0 bridgehead atoms. The van der Waals surface area contributed by atoms with Gasteiger partial charge in [0, 0.05) is 17.3 Å². The number of esters is 1. The molecule has 6 nitrogen and oxygen atoms in total. The molecule has 1 aromatic heterocycles. The van der Waals surface area contributed by atoms with Gasteiger partial charge in [-0.05, 0) is 42.5 Å². The summed E-state index contributed by atoms with van der Waals surface area (Å²) in [5.41, 5.74) is 1.26. The van der Waals surface area contributed by atoms with Crippen LogP contribution in [0.5, 0.6) is 0 Å². The van der Waals surface area contributed by atoms with Crippen molar-refractivity contribution >= 4 is 35.2 Å². The molecule has 0 aliphatic rings. The molecule has 0 unspecified atom stereocenters. The van der Waals surface area contributed by atoms with Crippen LogP contribution in [-0.4, -0.2) is 19.0 Å². The third-order valence-electron chi connectivity index (χ3n) is 3.96. The van der Waals surface area contributed by atoms with Crippen LogP contribution in [0.25, 0.3) is 17.4 Å². The number of nitriles is 1. The van der Waals surface area contributed by atoms with Crippen molar-refractivity contribution < 1.29 is 18.7 Å². The smallest absolute Gasteiger partial charge is 0.337 e. The van der Waals surface area contributed by atoms with E-state index in [1.165, 1.54) is 13.2 Å². The number of methoxy groups -OCH3 is 1. The molecule has 1 amide bonds. The van der Waals surface area contributed by atoms with Gasteiger partial charge in [0.05, 0.1) is 17.7 Å². The van der Waals surface area contributed by atoms with Crippen molar-refractivity contribution in [2.24, 2.45) is 0 Å². The average Bonchev–Trinajstić information content (AvgIpc) is 3.20. The SMILES string of the molecule is COC(=O)c1ccc(Cl)c(-c2ccc(/C=C(/C#N)C(=O)Nc3ccccc3)o2)c1. The normalized spacial score (nSPS) is 10.9. The summed E-state index contributed by atoms with van der Waals surface area (Å²) in [6.45, 7) is 0. The summed E-state index contributed by atoms with van der Waals surface area (Å²) in [7, 11) is 1.29. The van der Waals surface area contributed by atoms with Gasteiger partial charge in [0.25, 0.3) is 5.91 Å². The van der Waals surface area contributed by atoms with E-state index in [-0.39, 0.29) is 5.57 Å². The zero-order valence-electron chi connectivity index (χ0n) is 15.3. The Bertz CT molecular complexity index is 1130. The van der Waals surface area contributed by atoms with Gasteiger partial charge in [0.1, 0.15) is 23.2 Å². The summed E-state index contributed by atoms with van der Waals surface area (Å²) in [6.07, 6.45) is 1.33. The van der Waals surface area contributed by atoms with Gasteiger partial charge in [-0.2, -0.15) is 5.26 Å². The summed E-state index contributed by atoms with van der Waals surface area (Å²) in [6, 6.07) is 18.6. The van der Waals surface area contributed by atoms with Gasteiger partial charge in [-0.25, -0.2) is 4.79 Å². The van der Waals surface area contributed by atoms with E-state index in [9.17, 15) is 14.9 Å². The van der Waals surface area contributed by atoms with E-state index in [1.54, 1.807) is 54.6 Å². The predicted octanol–water partition coefficient (Wildman–Crippen LogP) is 4.93. The van der Waals surface area contributed by atoms with Crippen molar-refractivity contribution in [2.75, 3.05) is 12.4 Å². The summed E-state index contributed by atoms with van der Waals surface area (Å²) < 4.78 is 10.4. The quantitative estimate of drug-likeness (QED) is 0.368. The van der Waals surface area contributed by atoms with Gasteiger partial charge in [0.2, 0.25) is 0 Å². The van der Waals surface area contributed by atoms with Crippen LogP contribution < -0.4 is 5.32 Å². The minimum absolute atomic E-state index is 0.121. The Morgan fingerprint density at radius 2 is 1.90 bits per heavy atom. The van der Waals surface area contributed by atoms with Gasteiger partial charge in [-0.15, -0.1) is 0 Å². The molecule has 0 aliphatic heterocycles. The summed E-state index contributed by atoms with van der Waals surface area (Å²) in [5, 5.41) is 12.4. The minimum Gasteiger partial charge on any atom is -0.465 e. The fraction of sp³-hybridized carbons (Fsp3) is 0.0455. The molecule has 144 valence electrons. The number of carbonyl (C=O) groups is 2. The van der Waals surface area contributed by atoms with E-state index in [2.05, 4.69) is 5.32 Å². The van der Waals surface area contributed by atoms with Crippen LogP contribution in [-0.2, 0) is 9.53 Å². The maximum absolute atomic E-state index is 12.3. The number of carbonyl (C=O) groups excluding carboxylic acids is 2. The van der Waals surface area contributed by atoms with Crippen LogP contribution in [0.4, 0.5) is 5.69 Å². The Labute approximate surface area is 172 Å². The number of para-hydroxylation sites is 1. The number of nitrogens with one attached hydrogen (secondary N) is 1. The number of rotatable bonds is 5. The lowest BCUT2D eigenvalue weighted by atomic mass is 10.1. The lowest BCUT2D eigenvalue weighted by Crippen LogP contribution is -2.13. The second kappa shape index (κ2) is 8.91. The standard InChI is InChI=1S/C22H15ClN2O4/c1-28-22(27)14-7-9-19(23)18(12-14)20-10-8-17(29-20)11-15(13-24)21(26)25-16-5-3-2-4-6-16/h2-12H,1H3,(H,25,26)/b15-11-. The topological polar surface area (TPSA) is 92.3 Å². The number of nitrogens with zero attached hydrogens (tertiary/aromatic N) is 1. The molecule has 0 atom stereocenters. The number of benzene rings is 2. The van der Waals surface area contributed by atoms with Crippen LogP contribution in [0, 0.1) is 11.3 Å². The van der Waals surface area contributed by atoms with Gasteiger partial charge < -0.3 is 14.5 Å². The van der Waals surface area contributed by atoms with Crippen molar-refractivity contribution in [1.29, 1.82) is 5.26 Å². The van der Waals surface area contributed by atoms with E-state index >= 15 is 0 Å². The van der Waals surface area contributed by atoms with Crippen molar-refractivity contribution in [3.8, 4) is 17.4 Å². The Morgan fingerprint density at radius 1 is 1.14 bits per heavy atom. The largest absolute Gasteiger partial charge is 0.465 e. The molecule has 3 rings (SSSR count). The molecule has 0 aliphatic carbocycles. The van der Waals surface area contributed by atoms with Gasteiger partial charge >= 0.3 is 5.97 Å². The molecule has 7 heteroatoms. The number of anilines is 1. The van der Waals surface area contributed by atoms with E-state index in [1.807, 2.05) is 12.1 Å². The highest BCUT2D eigenvalue weighted by atomic mass is 35.5. The first-order chi connectivity index (χ1) is 14.0. The van der Waals surface area contributed by atoms with Crippen molar-refractivity contribution in [2.45, 2.75) is 0 Å². The molecule has 3 aromatic rings. The maximum atomic E-state index is 12.3. The van der Waals surface area contributed by atoms with E-state index < -0.39 is 11.9 Å². The number of hydrogen-bond donors (Lipinski definition) is 1. The summed E-state index contributed by atoms with van der Waals surface area (Å²) in [5.74, 6) is -0.381. The van der Waals surface area contributed by atoms with Gasteiger partial charge in [0.15, 0.2) is 0 Å². The summed E-state index contributed by atoms with van der Waals surface area (Å²) >= 11 is 6.22. The molecule has 0 saturated carbocycles. The van der Waals surface area contributed by atoms with Crippen molar-refractivity contribution in [3.05, 3.63) is 82.6 Å². The Balaban J connectivity index is 1.86. The Kier molecular flexibility index (Phi) is 6.12. The highest BCUT2D eigenvalue weighted by molar-refractivity contribution is 6.33. The lowest BCUT2D eigenvalue weighted by Gasteiger charge is -2.04. The lowest BCUT2D eigenvalue weighted by molar-refractivity contribution is -0.112. The molecule has 1 heterocycles. The van der Waals surface area contributed by atoms with Crippen LogP contribution in [0.15, 0.2) is 70.7 Å². The van der Waals surface area contributed by atoms with E-state index in [0.29, 0.717) is 33.4 Å². The zero-order chi connectivity index (χ0) is 20.8. The number of hydrogen-bond acceptors (Lipinski definition) is 5. The first-order valence-electron chi connectivity index (χ1n) is 8.48. The molecule has 0 fully saturated rings. The third kappa shape index (κ3) is 4.72. The van der Waals surface area contributed by atoms with E-state index in [0.717, 1.165) is 0 Å². The van der Waals surface area contributed by atoms with Crippen molar-refractivity contribution in [1.82, 2.24) is 0 Å². The first kappa shape index (κ1) is 19.9. The van der Waals surface area contributed by atoms with Crippen LogP contribution >= 0.6 is 11.6 Å². The van der Waals surface area contributed by atoms with Crippen molar-refractivity contribution in [3.63, 3.8) is 0 Å². The van der Waals surface area contributed by atoms with Crippen LogP contribution in [0.3, 0.4) is 0 Å². The fourth-order valence-electron chi connectivity index (χ4n) is 2.54. The van der Waals surface area contributed by atoms with E-state index in [4.69, 9.17) is 20.8 Å². The molecule has 0 radical (unpaired) electrons. The first-order valence-corrected chi connectivity index (χ1v) is 8.86. The summed E-state index contributed by atoms with van der Waals surface area (Å²) in [4.78, 5) is 24.1. The third-order valence-corrected chi connectivity index (χ3v) is 4.29. The Morgan fingerprint density at radius 3 is 2.59 bits per heavy atom. The fourth-order valence-corrected chi connectivity index (χ4v) is 2.76. The number of furan rings is 1. The molecule has 1 N–H and O–H groups in total. The van der Waals surface area contributed by atoms with Gasteiger partial charge in [-0.3, -0.25) is 4.79 Å². The monoisotopic (exact) mass is 406 g/mol. The molecule has 0 spiro atoms. The molecular weight excluding hydrogens is 392 g/mol. The second-order valence-electron chi connectivity index (χ2n) is 5.88. The maximum Gasteiger partial charge on any atom is 0.337 e. The number of halogens is 1. The Hall–Kier alpha value is -3.82. The van der Waals surface area contributed by atoms with Gasteiger partial charge in [-0.1, -0.05) is 29.8 Å². The second-order valence-corrected chi connectivity index (χ2v) is 6.29. The number of ether oxygens (including phenoxy) is 1.